The van der Waals surface area contributed by atoms with Gasteiger partial charge in [0.15, 0.2) is 0 Å². The van der Waals surface area contributed by atoms with Crippen LogP contribution in [0.4, 0.5) is 0 Å². The Morgan fingerprint density at radius 3 is 2.77 bits per heavy atom. The zero-order chi connectivity index (χ0) is 15.9. The number of carbonyl (C=O) groups excluding carboxylic acids is 1. The molecule has 1 aliphatic carbocycles. The van der Waals surface area contributed by atoms with E-state index in [4.69, 9.17) is 4.74 Å². The van der Waals surface area contributed by atoms with Crippen molar-refractivity contribution in [1.82, 2.24) is 4.90 Å². The number of carboxylic acid groups (broad SMARTS) is 1. The molecule has 0 bridgehead atoms. The molecule has 1 amide bonds. The van der Waals surface area contributed by atoms with Crippen LogP contribution in [0.3, 0.4) is 0 Å². The van der Waals surface area contributed by atoms with Crippen LogP contribution in [0.1, 0.15) is 29.6 Å². The van der Waals surface area contributed by atoms with Gasteiger partial charge >= 0.3 is 5.97 Å². The van der Waals surface area contributed by atoms with E-state index in [-0.39, 0.29) is 29.7 Å². The number of amides is 1. The summed E-state index contributed by atoms with van der Waals surface area (Å²) in [5.41, 5.74) is -0.626. The normalized spacial score (nSPS) is 26.8. The van der Waals surface area contributed by atoms with Crippen molar-refractivity contribution in [1.29, 1.82) is 0 Å². The second kappa shape index (κ2) is 5.19. The third kappa shape index (κ3) is 2.10. The summed E-state index contributed by atoms with van der Waals surface area (Å²) in [5, 5.41) is 19.5. The second-order valence-electron chi connectivity index (χ2n) is 6.12. The molecule has 2 fully saturated rings. The van der Waals surface area contributed by atoms with Crippen molar-refractivity contribution in [3.63, 3.8) is 0 Å². The molecule has 118 valence electrons. The van der Waals surface area contributed by atoms with Gasteiger partial charge in [-0.2, -0.15) is 0 Å². The van der Waals surface area contributed by atoms with E-state index in [1.165, 1.54) is 19.2 Å². The van der Waals surface area contributed by atoms with E-state index in [0.29, 0.717) is 18.7 Å². The summed E-state index contributed by atoms with van der Waals surface area (Å²) in [6.07, 6.45) is 2.35. The topological polar surface area (TPSA) is 87.1 Å². The van der Waals surface area contributed by atoms with E-state index < -0.39 is 11.4 Å². The highest BCUT2D eigenvalue weighted by molar-refractivity contribution is 5.97. The summed E-state index contributed by atoms with van der Waals surface area (Å²) in [6, 6.07) is 4.51. The highest BCUT2D eigenvalue weighted by atomic mass is 16.5. The van der Waals surface area contributed by atoms with Crippen LogP contribution in [0, 0.1) is 11.3 Å². The Bertz CT molecular complexity index is 629. The minimum Gasteiger partial charge on any atom is -0.507 e. The van der Waals surface area contributed by atoms with E-state index in [9.17, 15) is 19.8 Å². The Balaban J connectivity index is 1.84. The maximum Gasteiger partial charge on any atom is 0.311 e. The molecule has 3 rings (SSSR count). The standard InChI is InChI=1S/C16H19NO5/c1-22-11-4-5-12(13(18)7-11)14(19)17-8-10-3-2-6-16(10,9-17)15(20)21/h4-5,7,10,18H,2-3,6,8-9H2,1H3,(H,20,21)/t10-,16+/m0/s1. The Labute approximate surface area is 128 Å². The first-order valence-corrected chi connectivity index (χ1v) is 7.37. The van der Waals surface area contributed by atoms with Crippen LogP contribution < -0.4 is 4.74 Å². The smallest absolute Gasteiger partial charge is 0.311 e. The van der Waals surface area contributed by atoms with E-state index in [2.05, 4.69) is 0 Å². The number of hydrogen-bond acceptors (Lipinski definition) is 4. The van der Waals surface area contributed by atoms with Crippen LogP contribution in [0.2, 0.25) is 0 Å². The zero-order valence-corrected chi connectivity index (χ0v) is 12.4. The molecule has 1 saturated carbocycles. The minimum atomic E-state index is -0.816. The highest BCUT2D eigenvalue weighted by Gasteiger charge is 2.55. The number of carbonyl (C=O) groups is 2. The van der Waals surface area contributed by atoms with Crippen molar-refractivity contribution in [2.24, 2.45) is 11.3 Å². The number of methoxy groups -OCH3 is 1. The lowest BCUT2D eigenvalue weighted by atomic mass is 9.81. The summed E-state index contributed by atoms with van der Waals surface area (Å²) in [5.74, 6) is -0.811. The number of phenols is 1. The van der Waals surface area contributed by atoms with Crippen molar-refractivity contribution in [2.45, 2.75) is 19.3 Å². The number of fused-ring (bicyclic) bond motifs is 1. The van der Waals surface area contributed by atoms with Crippen molar-refractivity contribution < 1.29 is 24.5 Å². The number of hydrogen-bond donors (Lipinski definition) is 2. The number of rotatable bonds is 3. The Kier molecular flexibility index (Phi) is 3.47. The largest absolute Gasteiger partial charge is 0.507 e. The van der Waals surface area contributed by atoms with Crippen LogP contribution >= 0.6 is 0 Å². The number of nitrogens with zero attached hydrogens (tertiary/aromatic N) is 1. The third-order valence-corrected chi connectivity index (χ3v) is 5.02. The number of ether oxygens (including phenoxy) is 1. The van der Waals surface area contributed by atoms with Gasteiger partial charge in [-0.1, -0.05) is 6.42 Å². The van der Waals surface area contributed by atoms with Crippen LogP contribution in [0.5, 0.6) is 11.5 Å². The summed E-state index contributed by atoms with van der Waals surface area (Å²) >= 11 is 0. The van der Waals surface area contributed by atoms with Crippen LogP contribution in [-0.4, -0.2) is 47.2 Å². The van der Waals surface area contributed by atoms with Gasteiger partial charge in [-0.3, -0.25) is 9.59 Å². The first-order chi connectivity index (χ1) is 10.5. The fourth-order valence-electron chi connectivity index (χ4n) is 3.78. The average Bonchev–Trinajstić information content (AvgIpc) is 3.04. The Morgan fingerprint density at radius 2 is 2.18 bits per heavy atom. The maximum absolute atomic E-state index is 12.6. The van der Waals surface area contributed by atoms with Gasteiger partial charge in [0.25, 0.3) is 5.91 Å². The van der Waals surface area contributed by atoms with Gasteiger partial charge in [0.1, 0.15) is 11.5 Å². The molecule has 1 saturated heterocycles. The summed E-state index contributed by atoms with van der Waals surface area (Å²) in [4.78, 5) is 25.8. The molecule has 2 N–H and O–H groups in total. The zero-order valence-electron chi connectivity index (χ0n) is 12.4. The number of benzene rings is 1. The van der Waals surface area contributed by atoms with Crippen molar-refractivity contribution in [3.8, 4) is 11.5 Å². The lowest BCUT2D eigenvalue weighted by molar-refractivity contribution is -0.149. The molecular weight excluding hydrogens is 286 g/mol. The summed E-state index contributed by atoms with van der Waals surface area (Å²) in [7, 11) is 1.48. The van der Waals surface area contributed by atoms with Crippen molar-refractivity contribution in [2.75, 3.05) is 20.2 Å². The van der Waals surface area contributed by atoms with E-state index >= 15 is 0 Å². The summed E-state index contributed by atoms with van der Waals surface area (Å²) < 4.78 is 5.00. The van der Waals surface area contributed by atoms with E-state index in [0.717, 1.165) is 12.8 Å². The predicted octanol–water partition coefficient (Wildman–Crippen LogP) is 1.73. The Hall–Kier alpha value is -2.24. The number of aliphatic carboxylic acids is 1. The van der Waals surface area contributed by atoms with Gasteiger partial charge in [0, 0.05) is 19.2 Å². The molecule has 0 radical (unpaired) electrons. The average molecular weight is 305 g/mol. The van der Waals surface area contributed by atoms with Gasteiger partial charge in [0.05, 0.1) is 18.1 Å². The fourth-order valence-corrected chi connectivity index (χ4v) is 3.78. The van der Waals surface area contributed by atoms with Gasteiger partial charge in [-0.15, -0.1) is 0 Å². The molecule has 0 unspecified atom stereocenters. The van der Waals surface area contributed by atoms with Crippen molar-refractivity contribution in [3.05, 3.63) is 23.8 Å². The first kappa shape index (κ1) is 14.7. The minimum absolute atomic E-state index is 0.00865. The quantitative estimate of drug-likeness (QED) is 0.888. The molecular formula is C16H19NO5. The molecule has 0 aromatic heterocycles. The van der Waals surface area contributed by atoms with Crippen LogP contribution in [0.25, 0.3) is 0 Å². The number of carboxylic acids is 1. The molecule has 2 aliphatic rings. The number of phenolic OH excluding ortho intramolecular Hbond substituents is 1. The molecule has 6 heteroatoms. The number of likely N-dealkylation sites (tertiary alicyclic amines) is 1. The molecule has 22 heavy (non-hydrogen) atoms. The third-order valence-electron chi connectivity index (χ3n) is 5.02. The Morgan fingerprint density at radius 1 is 1.41 bits per heavy atom. The molecule has 2 atom stereocenters. The monoisotopic (exact) mass is 305 g/mol. The predicted molar refractivity (Wildman–Crippen MR) is 78.0 cm³/mol. The first-order valence-electron chi connectivity index (χ1n) is 7.37. The van der Waals surface area contributed by atoms with Crippen LogP contribution in [0.15, 0.2) is 18.2 Å². The maximum atomic E-state index is 12.6. The highest BCUT2D eigenvalue weighted by Crippen LogP contribution is 2.49. The van der Waals surface area contributed by atoms with Gasteiger partial charge < -0.3 is 19.8 Å². The molecule has 0 spiro atoms. The number of aromatic hydroxyl groups is 1. The van der Waals surface area contributed by atoms with Gasteiger partial charge in [-0.05, 0) is 30.9 Å². The van der Waals surface area contributed by atoms with E-state index in [1.54, 1.807) is 11.0 Å². The van der Waals surface area contributed by atoms with Crippen molar-refractivity contribution >= 4 is 11.9 Å². The van der Waals surface area contributed by atoms with Crippen LogP contribution in [-0.2, 0) is 4.79 Å². The lowest BCUT2D eigenvalue weighted by Gasteiger charge is -2.23. The molecule has 1 aromatic carbocycles. The van der Waals surface area contributed by atoms with E-state index in [1.807, 2.05) is 0 Å². The van der Waals surface area contributed by atoms with Gasteiger partial charge in [-0.25, -0.2) is 0 Å². The van der Waals surface area contributed by atoms with Gasteiger partial charge in [0.2, 0.25) is 0 Å². The molecule has 6 nitrogen and oxygen atoms in total. The lowest BCUT2D eigenvalue weighted by Crippen LogP contribution is -2.37. The molecule has 1 aromatic rings. The summed E-state index contributed by atoms with van der Waals surface area (Å²) in [6.45, 7) is 0.661. The SMILES string of the molecule is COc1ccc(C(=O)N2C[C@@H]3CCC[C@@]3(C(=O)O)C2)c(O)c1. The second-order valence-corrected chi connectivity index (χ2v) is 6.12. The molecule has 1 heterocycles. The fraction of sp³-hybridized carbons (Fsp3) is 0.500. The molecule has 1 aliphatic heterocycles.